The zero-order valence-electron chi connectivity index (χ0n) is 10.9. The van der Waals surface area contributed by atoms with Crippen LogP contribution in [0.2, 0.25) is 0 Å². The Bertz CT molecular complexity index is 600. The molecule has 0 spiro atoms. The zero-order valence-corrected chi connectivity index (χ0v) is 10.9. The molecule has 0 aliphatic carbocycles. The number of carbonyl (C=O) groups is 1. The summed E-state index contributed by atoms with van der Waals surface area (Å²) in [4.78, 5) is 11.6. The number of rotatable bonds is 4. The minimum atomic E-state index is -0.459. The van der Waals surface area contributed by atoms with Crippen LogP contribution in [-0.2, 0) is 0 Å². The number of amides is 2. The number of urea groups is 1. The highest BCUT2D eigenvalue weighted by Crippen LogP contribution is 2.14. The Balaban J connectivity index is 2.06. The lowest BCUT2D eigenvalue weighted by molar-refractivity contribution is 0.229. The van der Waals surface area contributed by atoms with Gasteiger partial charge in [0.2, 0.25) is 0 Å². The molecule has 0 fully saturated rings. The molecule has 1 heterocycles. The highest BCUT2D eigenvalue weighted by molar-refractivity contribution is 5.89. The second kappa shape index (κ2) is 6.16. The normalized spacial score (nSPS) is 11.9. The topological polar surface area (TPSA) is 79.2 Å². The highest BCUT2D eigenvalue weighted by Gasteiger charge is 2.09. The SMILES string of the molecule is CC(CO)NC(=O)Nc1cnn(-c2ccccc2F)c1. The van der Waals surface area contributed by atoms with E-state index in [2.05, 4.69) is 15.7 Å². The first kappa shape index (κ1) is 14.0. The Morgan fingerprint density at radius 2 is 2.25 bits per heavy atom. The van der Waals surface area contributed by atoms with Gasteiger partial charge in [-0.15, -0.1) is 0 Å². The van der Waals surface area contributed by atoms with E-state index in [1.165, 1.54) is 23.1 Å². The summed E-state index contributed by atoms with van der Waals surface area (Å²) in [5.41, 5.74) is 0.723. The van der Waals surface area contributed by atoms with E-state index in [0.29, 0.717) is 11.4 Å². The third-order valence-electron chi connectivity index (χ3n) is 2.59. The number of hydrogen-bond donors (Lipinski definition) is 3. The monoisotopic (exact) mass is 278 g/mol. The molecule has 1 aromatic heterocycles. The van der Waals surface area contributed by atoms with Gasteiger partial charge in [0.1, 0.15) is 11.5 Å². The van der Waals surface area contributed by atoms with Crippen LogP contribution < -0.4 is 10.6 Å². The van der Waals surface area contributed by atoms with Gasteiger partial charge in [0.15, 0.2) is 0 Å². The minimum Gasteiger partial charge on any atom is -0.394 e. The number of benzene rings is 1. The molecule has 2 aromatic rings. The molecule has 7 heteroatoms. The van der Waals surface area contributed by atoms with Gasteiger partial charge in [0, 0.05) is 0 Å². The summed E-state index contributed by atoms with van der Waals surface area (Å²) < 4.78 is 14.9. The number of carbonyl (C=O) groups excluding carboxylic acids is 1. The van der Waals surface area contributed by atoms with Crippen LogP contribution in [-0.4, -0.2) is 33.6 Å². The summed E-state index contributed by atoms with van der Waals surface area (Å²) in [6.45, 7) is 1.52. The van der Waals surface area contributed by atoms with Gasteiger partial charge >= 0.3 is 6.03 Å². The van der Waals surface area contributed by atoms with Crippen LogP contribution in [0.4, 0.5) is 14.9 Å². The molecule has 2 amide bonds. The number of anilines is 1. The van der Waals surface area contributed by atoms with Gasteiger partial charge in [-0.05, 0) is 19.1 Å². The number of aromatic nitrogens is 2. The Kier molecular flexibility index (Phi) is 4.31. The maximum atomic E-state index is 13.6. The van der Waals surface area contributed by atoms with Crippen LogP contribution in [0.15, 0.2) is 36.7 Å². The van der Waals surface area contributed by atoms with E-state index in [9.17, 15) is 9.18 Å². The van der Waals surface area contributed by atoms with E-state index in [1.54, 1.807) is 25.1 Å². The summed E-state index contributed by atoms with van der Waals surface area (Å²) in [5, 5.41) is 17.9. The fraction of sp³-hybridized carbons (Fsp3) is 0.231. The van der Waals surface area contributed by atoms with Crippen LogP contribution in [0.1, 0.15) is 6.92 Å². The van der Waals surface area contributed by atoms with Crippen molar-refractivity contribution in [1.82, 2.24) is 15.1 Å². The van der Waals surface area contributed by atoms with Crippen LogP contribution in [0.5, 0.6) is 0 Å². The Hall–Kier alpha value is -2.41. The van der Waals surface area contributed by atoms with Crippen molar-refractivity contribution in [3.8, 4) is 5.69 Å². The molecule has 6 nitrogen and oxygen atoms in total. The van der Waals surface area contributed by atoms with Gasteiger partial charge in [0.25, 0.3) is 0 Å². The number of aliphatic hydroxyl groups is 1. The van der Waals surface area contributed by atoms with E-state index in [-0.39, 0.29) is 12.6 Å². The van der Waals surface area contributed by atoms with Crippen molar-refractivity contribution >= 4 is 11.7 Å². The second-order valence-corrected chi connectivity index (χ2v) is 4.31. The molecule has 0 aliphatic heterocycles. The van der Waals surface area contributed by atoms with Crippen LogP contribution in [0, 0.1) is 5.82 Å². The number of nitrogens with one attached hydrogen (secondary N) is 2. The molecule has 2 rings (SSSR count). The predicted octanol–water partition coefficient (Wildman–Crippen LogP) is 1.51. The van der Waals surface area contributed by atoms with Crippen molar-refractivity contribution in [3.63, 3.8) is 0 Å². The number of para-hydroxylation sites is 1. The van der Waals surface area contributed by atoms with E-state index in [1.807, 2.05) is 0 Å². The standard InChI is InChI=1S/C13H15FN4O2/c1-9(8-19)16-13(20)17-10-6-15-18(7-10)12-5-3-2-4-11(12)14/h2-7,9,19H,8H2,1H3,(H2,16,17,20). The third-order valence-corrected chi connectivity index (χ3v) is 2.59. The molecule has 1 atom stereocenters. The van der Waals surface area contributed by atoms with Gasteiger partial charge in [0.05, 0.1) is 30.7 Å². The zero-order chi connectivity index (χ0) is 14.5. The molecule has 20 heavy (non-hydrogen) atoms. The first-order valence-electron chi connectivity index (χ1n) is 6.08. The molecule has 0 bridgehead atoms. The van der Waals surface area contributed by atoms with Crippen LogP contribution in [0.25, 0.3) is 5.69 Å². The molecular weight excluding hydrogens is 263 g/mol. The molecular formula is C13H15FN4O2. The first-order valence-corrected chi connectivity index (χ1v) is 6.08. The molecule has 0 aliphatic rings. The number of aliphatic hydroxyl groups excluding tert-OH is 1. The Morgan fingerprint density at radius 3 is 2.95 bits per heavy atom. The molecule has 1 unspecified atom stereocenters. The minimum absolute atomic E-state index is 0.151. The van der Waals surface area contributed by atoms with E-state index in [4.69, 9.17) is 5.11 Å². The molecule has 106 valence electrons. The fourth-order valence-corrected chi connectivity index (χ4v) is 1.59. The Morgan fingerprint density at radius 1 is 1.50 bits per heavy atom. The summed E-state index contributed by atoms with van der Waals surface area (Å²) in [6.07, 6.45) is 2.91. The van der Waals surface area contributed by atoms with E-state index < -0.39 is 11.8 Å². The largest absolute Gasteiger partial charge is 0.394 e. The summed E-state index contributed by atoms with van der Waals surface area (Å²) >= 11 is 0. The molecule has 0 saturated heterocycles. The molecule has 0 saturated carbocycles. The molecule has 0 radical (unpaired) electrons. The smallest absolute Gasteiger partial charge is 0.319 e. The number of nitrogens with zero attached hydrogens (tertiary/aromatic N) is 2. The second-order valence-electron chi connectivity index (χ2n) is 4.31. The van der Waals surface area contributed by atoms with Gasteiger partial charge < -0.3 is 15.7 Å². The lowest BCUT2D eigenvalue weighted by atomic mass is 10.3. The fourth-order valence-electron chi connectivity index (χ4n) is 1.59. The van der Waals surface area contributed by atoms with Gasteiger partial charge in [-0.1, -0.05) is 12.1 Å². The van der Waals surface area contributed by atoms with Crippen molar-refractivity contribution in [2.45, 2.75) is 13.0 Å². The summed E-state index contributed by atoms with van der Waals surface area (Å²) in [5.74, 6) is -0.402. The van der Waals surface area contributed by atoms with E-state index in [0.717, 1.165) is 0 Å². The lowest BCUT2D eigenvalue weighted by Gasteiger charge is -2.10. The average molecular weight is 278 g/mol. The van der Waals surface area contributed by atoms with Crippen molar-refractivity contribution in [1.29, 1.82) is 0 Å². The van der Waals surface area contributed by atoms with Gasteiger partial charge in [-0.3, -0.25) is 0 Å². The van der Waals surface area contributed by atoms with Crippen molar-refractivity contribution < 1.29 is 14.3 Å². The highest BCUT2D eigenvalue weighted by atomic mass is 19.1. The van der Waals surface area contributed by atoms with Crippen LogP contribution in [0.3, 0.4) is 0 Å². The number of halogens is 1. The number of hydrogen-bond acceptors (Lipinski definition) is 3. The molecule has 3 N–H and O–H groups in total. The third kappa shape index (κ3) is 3.33. The van der Waals surface area contributed by atoms with E-state index >= 15 is 0 Å². The summed E-state index contributed by atoms with van der Waals surface area (Å²) in [6, 6.07) is 5.39. The average Bonchev–Trinajstić information content (AvgIpc) is 2.87. The maximum absolute atomic E-state index is 13.6. The van der Waals surface area contributed by atoms with Gasteiger partial charge in [-0.25, -0.2) is 13.9 Å². The quantitative estimate of drug-likeness (QED) is 0.793. The van der Waals surface area contributed by atoms with Gasteiger partial charge in [-0.2, -0.15) is 5.10 Å². The molecule has 1 aromatic carbocycles. The Labute approximate surface area is 115 Å². The van der Waals surface area contributed by atoms with Crippen molar-refractivity contribution in [3.05, 3.63) is 42.5 Å². The van der Waals surface area contributed by atoms with Crippen molar-refractivity contribution in [2.75, 3.05) is 11.9 Å². The maximum Gasteiger partial charge on any atom is 0.319 e. The van der Waals surface area contributed by atoms with Crippen molar-refractivity contribution in [2.24, 2.45) is 0 Å². The van der Waals surface area contributed by atoms with Crippen LogP contribution >= 0.6 is 0 Å². The predicted molar refractivity (Wildman–Crippen MR) is 72.2 cm³/mol. The lowest BCUT2D eigenvalue weighted by Crippen LogP contribution is -2.38. The first-order chi connectivity index (χ1) is 9.60. The summed E-state index contributed by atoms with van der Waals surface area (Å²) in [7, 11) is 0.